The molecule has 122 valence electrons. The Balaban J connectivity index is 4.35. The minimum Gasteiger partial charge on any atom is -0.464 e. The molecule has 0 rings (SSSR count). The van der Waals surface area contributed by atoms with E-state index in [2.05, 4.69) is 19.5 Å². The molecule has 1 N–H and O–H groups in total. The Morgan fingerprint density at radius 3 is 2.00 bits per heavy atom. The number of esters is 2. The SMILES string of the molecule is CCOC(=O)C(NC(=O)CCOCC(F)F)C(=O)OCC. The number of carbonyl (C=O) groups is 3. The van der Waals surface area contributed by atoms with Crippen molar-refractivity contribution in [2.75, 3.05) is 26.4 Å². The van der Waals surface area contributed by atoms with Crippen molar-refractivity contribution in [2.45, 2.75) is 32.7 Å². The maximum Gasteiger partial charge on any atom is 0.340 e. The van der Waals surface area contributed by atoms with Crippen LogP contribution >= 0.6 is 0 Å². The first-order valence-corrected chi connectivity index (χ1v) is 6.40. The van der Waals surface area contributed by atoms with E-state index in [0.29, 0.717) is 0 Å². The molecule has 7 nitrogen and oxygen atoms in total. The fourth-order valence-electron chi connectivity index (χ4n) is 1.24. The van der Waals surface area contributed by atoms with E-state index in [-0.39, 0.29) is 26.2 Å². The lowest BCUT2D eigenvalue weighted by molar-refractivity contribution is -0.159. The fraction of sp³-hybridized carbons (Fsp3) is 0.750. The number of amides is 1. The second-order valence-corrected chi connectivity index (χ2v) is 3.72. The summed E-state index contributed by atoms with van der Waals surface area (Å²) in [5.41, 5.74) is 0. The van der Waals surface area contributed by atoms with Gasteiger partial charge in [-0.2, -0.15) is 0 Å². The Hall–Kier alpha value is -1.77. The summed E-state index contributed by atoms with van der Waals surface area (Å²) < 4.78 is 37.4. The molecule has 21 heavy (non-hydrogen) atoms. The smallest absolute Gasteiger partial charge is 0.340 e. The van der Waals surface area contributed by atoms with Gasteiger partial charge in [0.2, 0.25) is 11.9 Å². The molecule has 0 unspecified atom stereocenters. The minimum absolute atomic E-state index is 0.0299. The first-order valence-electron chi connectivity index (χ1n) is 6.40. The molecule has 0 spiro atoms. The van der Waals surface area contributed by atoms with Crippen molar-refractivity contribution in [3.63, 3.8) is 0 Å². The predicted molar refractivity (Wildman–Crippen MR) is 66.6 cm³/mol. The maximum atomic E-state index is 11.8. The zero-order valence-corrected chi connectivity index (χ0v) is 11.9. The first kappa shape index (κ1) is 19.2. The fourth-order valence-corrected chi connectivity index (χ4v) is 1.24. The van der Waals surface area contributed by atoms with Crippen molar-refractivity contribution in [1.82, 2.24) is 5.32 Å². The number of hydrogen-bond donors (Lipinski definition) is 1. The average Bonchev–Trinajstić information content (AvgIpc) is 2.41. The van der Waals surface area contributed by atoms with Gasteiger partial charge in [0.05, 0.1) is 19.8 Å². The van der Waals surface area contributed by atoms with Crippen molar-refractivity contribution in [3.8, 4) is 0 Å². The van der Waals surface area contributed by atoms with Gasteiger partial charge < -0.3 is 19.5 Å². The Morgan fingerprint density at radius 1 is 1.05 bits per heavy atom. The van der Waals surface area contributed by atoms with Crippen molar-refractivity contribution in [1.29, 1.82) is 0 Å². The van der Waals surface area contributed by atoms with Gasteiger partial charge in [-0.3, -0.25) is 4.79 Å². The van der Waals surface area contributed by atoms with Crippen LogP contribution in [-0.2, 0) is 28.6 Å². The van der Waals surface area contributed by atoms with Gasteiger partial charge in [0.25, 0.3) is 6.43 Å². The molecule has 0 atom stereocenters. The molecule has 0 aliphatic rings. The molecule has 0 saturated carbocycles. The molecule has 0 aliphatic carbocycles. The van der Waals surface area contributed by atoms with Gasteiger partial charge >= 0.3 is 11.9 Å². The first-order chi connectivity index (χ1) is 9.92. The number of nitrogens with one attached hydrogen (secondary N) is 1. The van der Waals surface area contributed by atoms with Crippen LogP contribution in [0, 0.1) is 0 Å². The van der Waals surface area contributed by atoms with Gasteiger partial charge in [-0.15, -0.1) is 0 Å². The summed E-state index contributed by atoms with van der Waals surface area (Å²) in [6, 6.07) is -1.58. The quantitative estimate of drug-likeness (QED) is 0.354. The lowest BCUT2D eigenvalue weighted by atomic mass is 10.2. The van der Waals surface area contributed by atoms with Gasteiger partial charge in [-0.1, -0.05) is 0 Å². The van der Waals surface area contributed by atoms with Crippen molar-refractivity contribution in [3.05, 3.63) is 0 Å². The molecule has 0 saturated heterocycles. The van der Waals surface area contributed by atoms with Crippen LogP contribution in [0.5, 0.6) is 0 Å². The van der Waals surface area contributed by atoms with Crippen LogP contribution in [0.25, 0.3) is 0 Å². The van der Waals surface area contributed by atoms with Crippen molar-refractivity contribution >= 4 is 17.8 Å². The van der Waals surface area contributed by atoms with Crippen LogP contribution in [0.3, 0.4) is 0 Å². The highest BCUT2D eigenvalue weighted by Gasteiger charge is 2.31. The summed E-state index contributed by atoms with van der Waals surface area (Å²) in [5.74, 6) is -2.61. The number of carbonyl (C=O) groups excluding carboxylic acids is 3. The van der Waals surface area contributed by atoms with E-state index in [1.165, 1.54) is 0 Å². The molecule has 0 aromatic rings. The van der Waals surface area contributed by atoms with Gasteiger partial charge in [0, 0.05) is 6.42 Å². The van der Waals surface area contributed by atoms with Crippen LogP contribution in [0.4, 0.5) is 8.78 Å². The lowest BCUT2D eigenvalue weighted by Crippen LogP contribution is -2.48. The highest BCUT2D eigenvalue weighted by atomic mass is 19.3. The van der Waals surface area contributed by atoms with Crippen molar-refractivity contribution in [2.24, 2.45) is 0 Å². The van der Waals surface area contributed by atoms with Crippen LogP contribution < -0.4 is 5.32 Å². The van der Waals surface area contributed by atoms with E-state index in [9.17, 15) is 23.2 Å². The molecule has 0 heterocycles. The number of halogens is 2. The molecule has 0 aromatic heterocycles. The van der Waals surface area contributed by atoms with Crippen LogP contribution in [0.2, 0.25) is 0 Å². The maximum absolute atomic E-state index is 11.8. The van der Waals surface area contributed by atoms with Gasteiger partial charge in [0.1, 0.15) is 6.61 Å². The zero-order valence-electron chi connectivity index (χ0n) is 11.9. The highest BCUT2D eigenvalue weighted by Crippen LogP contribution is 1.97. The van der Waals surface area contributed by atoms with Gasteiger partial charge in [-0.05, 0) is 13.8 Å². The molecule has 0 fully saturated rings. The highest BCUT2D eigenvalue weighted by molar-refractivity contribution is 6.02. The summed E-state index contributed by atoms with van der Waals surface area (Å²) in [6.45, 7) is 2.10. The Bertz CT molecular complexity index is 333. The van der Waals surface area contributed by atoms with Crippen molar-refractivity contribution < 1.29 is 37.4 Å². The third-order valence-electron chi connectivity index (χ3n) is 2.07. The van der Waals surface area contributed by atoms with Crippen LogP contribution in [0.15, 0.2) is 0 Å². The van der Waals surface area contributed by atoms with E-state index in [0.717, 1.165) is 0 Å². The third kappa shape index (κ3) is 8.90. The normalized spacial score (nSPS) is 10.6. The minimum atomic E-state index is -2.63. The molecule has 0 bridgehead atoms. The van der Waals surface area contributed by atoms with E-state index >= 15 is 0 Å². The Morgan fingerprint density at radius 2 is 1.57 bits per heavy atom. The zero-order chi connectivity index (χ0) is 16.3. The second-order valence-electron chi connectivity index (χ2n) is 3.72. The van der Waals surface area contributed by atoms with Gasteiger partial charge in [0.15, 0.2) is 0 Å². The monoisotopic (exact) mass is 311 g/mol. The summed E-state index contributed by atoms with van der Waals surface area (Å²) in [6.07, 6.45) is -2.90. The van der Waals surface area contributed by atoms with Crippen LogP contribution in [0.1, 0.15) is 20.3 Å². The molecular weight excluding hydrogens is 292 g/mol. The average molecular weight is 311 g/mol. The van der Waals surface area contributed by atoms with Crippen LogP contribution in [-0.4, -0.2) is 56.7 Å². The molecular formula is C12H19F2NO6. The van der Waals surface area contributed by atoms with Gasteiger partial charge in [-0.25, -0.2) is 18.4 Å². The number of hydrogen-bond acceptors (Lipinski definition) is 6. The summed E-state index contributed by atoms with van der Waals surface area (Å²) in [7, 11) is 0. The molecule has 0 aromatic carbocycles. The summed E-state index contributed by atoms with van der Waals surface area (Å²) >= 11 is 0. The summed E-state index contributed by atoms with van der Waals surface area (Å²) in [5, 5.41) is 2.12. The molecule has 1 amide bonds. The second kappa shape index (κ2) is 11.0. The van der Waals surface area contributed by atoms with E-state index < -0.39 is 36.9 Å². The molecule has 9 heteroatoms. The van der Waals surface area contributed by atoms with E-state index in [1.54, 1.807) is 13.8 Å². The molecule has 0 radical (unpaired) electrons. The lowest BCUT2D eigenvalue weighted by Gasteiger charge is -2.15. The number of alkyl halides is 2. The number of rotatable bonds is 10. The predicted octanol–water partition coefficient (Wildman–Crippen LogP) is 0.269. The standard InChI is InChI=1S/C12H19F2NO6/c1-3-20-11(17)10(12(18)21-4-2)15-9(16)5-6-19-7-8(13)14/h8,10H,3-7H2,1-2H3,(H,15,16). The Kier molecular flexibility index (Phi) is 10.0. The largest absolute Gasteiger partial charge is 0.464 e. The molecule has 0 aliphatic heterocycles. The number of ether oxygens (including phenoxy) is 3. The summed E-state index contributed by atoms with van der Waals surface area (Å²) in [4.78, 5) is 34.6. The van der Waals surface area contributed by atoms with E-state index in [4.69, 9.17) is 0 Å². The third-order valence-corrected chi connectivity index (χ3v) is 2.07. The van der Waals surface area contributed by atoms with E-state index in [1.807, 2.05) is 0 Å². The topological polar surface area (TPSA) is 90.9 Å². The Labute approximate surface area is 120 Å².